The van der Waals surface area contributed by atoms with Gasteiger partial charge in [-0.15, -0.1) is 0 Å². The average molecular weight is 411 g/mol. The van der Waals surface area contributed by atoms with Gasteiger partial charge < -0.3 is 14.6 Å². The molecule has 4 nitrogen and oxygen atoms in total. The van der Waals surface area contributed by atoms with E-state index in [0.29, 0.717) is 29.7 Å². The highest BCUT2D eigenvalue weighted by Gasteiger charge is 2.26. The van der Waals surface area contributed by atoms with Gasteiger partial charge in [-0.25, -0.2) is 4.79 Å². The summed E-state index contributed by atoms with van der Waals surface area (Å²) in [5, 5.41) is 11.2. The molecule has 1 aromatic heterocycles. The van der Waals surface area contributed by atoms with Gasteiger partial charge in [-0.1, -0.05) is 29.3 Å². The molecule has 0 radical (unpaired) electrons. The van der Waals surface area contributed by atoms with E-state index in [9.17, 15) is 4.79 Å². The first kappa shape index (κ1) is 13.3. The molecule has 100 valence electrons. The summed E-state index contributed by atoms with van der Waals surface area (Å²) in [4.78, 5) is 12.5. The zero-order chi connectivity index (χ0) is 13.7. The molecule has 0 unspecified atom stereocenters. The molecule has 0 fully saturated rings. The molecule has 0 aliphatic carbocycles. The number of nitrogens with zero attached hydrogens (tertiary/aromatic N) is 2. The Labute approximate surface area is 133 Å². The SMILES string of the molecule is O=C(O)N1CCn2c(c(I)c3ccc(Cl)c(Cl)c32)C1. The fourth-order valence-electron chi connectivity index (χ4n) is 2.44. The molecule has 0 saturated carbocycles. The van der Waals surface area contributed by atoms with Gasteiger partial charge in [-0.2, -0.15) is 0 Å². The maximum atomic E-state index is 11.1. The normalized spacial score (nSPS) is 14.8. The first-order valence-corrected chi connectivity index (χ1v) is 7.46. The Balaban J connectivity index is 2.25. The van der Waals surface area contributed by atoms with Crippen molar-refractivity contribution in [3.63, 3.8) is 0 Å². The van der Waals surface area contributed by atoms with Crippen molar-refractivity contribution in [2.24, 2.45) is 0 Å². The number of benzene rings is 1. The highest BCUT2D eigenvalue weighted by Crippen LogP contribution is 2.38. The van der Waals surface area contributed by atoms with Crippen LogP contribution in [0.1, 0.15) is 5.69 Å². The molecular formula is C12H9Cl2IN2O2. The van der Waals surface area contributed by atoms with Crippen molar-refractivity contribution < 1.29 is 9.90 Å². The summed E-state index contributed by atoms with van der Waals surface area (Å²) in [5.74, 6) is 0. The minimum Gasteiger partial charge on any atom is -0.465 e. The molecule has 0 bridgehead atoms. The number of halogens is 3. The Kier molecular flexibility index (Phi) is 3.31. The van der Waals surface area contributed by atoms with Gasteiger partial charge in [0.05, 0.1) is 27.8 Å². The van der Waals surface area contributed by atoms with Gasteiger partial charge in [0.25, 0.3) is 0 Å². The van der Waals surface area contributed by atoms with Gasteiger partial charge in [0.15, 0.2) is 0 Å². The Hall–Kier alpha value is -0.660. The van der Waals surface area contributed by atoms with Gasteiger partial charge in [-0.05, 0) is 28.7 Å². The highest BCUT2D eigenvalue weighted by atomic mass is 127. The van der Waals surface area contributed by atoms with E-state index in [0.717, 1.165) is 20.2 Å². The molecule has 7 heteroatoms. The predicted molar refractivity (Wildman–Crippen MR) is 83.1 cm³/mol. The summed E-state index contributed by atoms with van der Waals surface area (Å²) >= 11 is 14.6. The third kappa shape index (κ3) is 1.98. The van der Waals surface area contributed by atoms with E-state index in [1.54, 1.807) is 6.07 Å². The van der Waals surface area contributed by atoms with Crippen LogP contribution in [0.2, 0.25) is 10.0 Å². The molecule has 1 aromatic carbocycles. The fourth-order valence-corrected chi connectivity index (χ4v) is 3.75. The summed E-state index contributed by atoms with van der Waals surface area (Å²) in [5.41, 5.74) is 1.88. The van der Waals surface area contributed by atoms with E-state index < -0.39 is 6.09 Å². The van der Waals surface area contributed by atoms with Crippen LogP contribution in [0.4, 0.5) is 4.79 Å². The van der Waals surface area contributed by atoms with Crippen molar-refractivity contribution in [3.05, 3.63) is 31.4 Å². The van der Waals surface area contributed by atoms with Crippen LogP contribution in [0.15, 0.2) is 12.1 Å². The summed E-state index contributed by atoms with van der Waals surface area (Å²) in [7, 11) is 0. The van der Waals surface area contributed by atoms with Crippen LogP contribution in [-0.4, -0.2) is 27.2 Å². The largest absolute Gasteiger partial charge is 0.465 e. The first-order chi connectivity index (χ1) is 9.00. The topological polar surface area (TPSA) is 45.5 Å². The minimum atomic E-state index is -0.892. The van der Waals surface area contributed by atoms with Crippen LogP contribution < -0.4 is 0 Å². The van der Waals surface area contributed by atoms with Crippen molar-refractivity contribution in [2.75, 3.05) is 6.54 Å². The Morgan fingerprint density at radius 2 is 2.05 bits per heavy atom. The lowest BCUT2D eigenvalue weighted by molar-refractivity contribution is 0.133. The molecule has 1 amide bonds. The Bertz CT molecular complexity index is 699. The van der Waals surface area contributed by atoms with Gasteiger partial charge in [0.2, 0.25) is 0 Å². The lowest BCUT2D eigenvalue weighted by Gasteiger charge is -2.27. The lowest BCUT2D eigenvalue weighted by atomic mass is 10.2. The number of carbonyl (C=O) groups is 1. The number of rotatable bonds is 0. The quantitative estimate of drug-likeness (QED) is 0.666. The molecule has 19 heavy (non-hydrogen) atoms. The van der Waals surface area contributed by atoms with Crippen LogP contribution in [0, 0.1) is 3.57 Å². The molecule has 1 N–H and O–H groups in total. The molecule has 1 aliphatic rings. The third-order valence-corrected chi connectivity index (χ3v) is 5.36. The number of hydrogen-bond acceptors (Lipinski definition) is 1. The smallest absolute Gasteiger partial charge is 0.407 e. The molecule has 0 atom stereocenters. The average Bonchev–Trinajstić information content (AvgIpc) is 2.67. The number of aromatic nitrogens is 1. The highest BCUT2D eigenvalue weighted by molar-refractivity contribution is 14.1. The van der Waals surface area contributed by atoms with Gasteiger partial charge in [0, 0.05) is 22.0 Å². The number of hydrogen-bond donors (Lipinski definition) is 1. The van der Waals surface area contributed by atoms with Crippen LogP contribution in [0.3, 0.4) is 0 Å². The maximum absolute atomic E-state index is 11.1. The van der Waals surface area contributed by atoms with E-state index in [-0.39, 0.29) is 0 Å². The molecule has 0 spiro atoms. The van der Waals surface area contributed by atoms with Crippen LogP contribution >= 0.6 is 45.8 Å². The minimum absolute atomic E-state index is 0.385. The molecule has 0 saturated heterocycles. The first-order valence-electron chi connectivity index (χ1n) is 5.63. The number of carboxylic acid groups (broad SMARTS) is 1. The van der Waals surface area contributed by atoms with Gasteiger partial charge in [0.1, 0.15) is 0 Å². The molecule has 2 aromatic rings. The van der Waals surface area contributed by atoms with Crippen LogP contribution in [0.5, 0.6) is 0 Å². The summed E-state index contributed by atoms with van der Waals surface area (Å²) in [6, 6.07) is 3.71. The summed E-state index contributed by atoms with van der Waals surface area (Å²) in [6.45, 7) is 1.45. The monoisotopic (exact) mass is 410 g/mol. The zero-order valence-electron chi connectivity index (χ0n) is 9.66. The van der Waals surface area contributed by atoms with Crippen molar-refractivity contribution in [2.45, 2.75) is 13.1 Å². The fraction of sp³-hybridized carbons (Fsp3) is 0.250. The molecule has 2 heterocycles. The second kappa shape index (κ2) is 4.71. The van der Waals surface area contributed by atoms with Crippen molar-refractivity contribution in [1.29, 1.82) is 0 Å². The zero-order valence-corrected chi connectivity index (χ0v) is 13.3. The lowest BCUT2D eigenvalue weighted by Crippen LogP contribution is -2.37. The van der Waals surface area contributed by atoms with E-state index in [1.165, 1.54) is 4.90 Å². The van der Waals surface area contributed by atoms with Crippen LogP contribution in [0.25, 0.3) is 10.9 Å². The van der Waals surface area contributed by atoms with Gasteiger partial charge in [-0.3, -0.25) is 0 Å². The van der Waals surface area contributed by atoms with E-state index in [2.05, 4.69) is 27.2 Å². The van der Waals surface area contributed by atoms with E-state index in [4.69, 9.17) is 28.3 Å². The second-order valence-electron chi connectivity index (χ2n) is 4.37. The van der Waals surface area contributed by atoms with Crippen molar-refractivity contribution in [3.8, 4) is 0 Å². The Morgan fingerprint density at radius 1 is 1.32 bits per heavy atom. The molecule has 1 aliphatic heterocycles. The van der Waals surface area contributed by atoms with E-state index in [1.807, 2.05) is 6.07 Å². The second-order valence-corrected chi connectivity index (χ2v) is 6.24. The predicted octanol–water partition coefficient (Wildman–Crippen LogP) is 4.05. The Morgan fingerprint density at radius 3 is 2.74 bits per heavy atom. The van der Waals surface area contributed by atoms with Gasteiger partial charge >= 0.3 is 6.09 Å². The van der Waals surface area contributed by atoms with Crippen molar-refractivity contribution >= 4 is 62.8 Å². The van der Waals surface area contributed by atoms with Crippen molar-refractivity contribution in [1.82, 2.24) is 9.47 Å². The maximum Gasteiger partial charge on any atom is 0.407 e. The summed E-state index contributed by atoms with van der Waals surface area (Å²) in [6.07, 6.45) is -0.892. The standard InChI is InChI=1S/C12H9Cl2IN2O2/c13-7-2-1-6-10(15)8-5-16(12(18)19)3-4-17(8)11(6)9(7)14/h1-2H,3-5H2,(H,18,19). The van der Waals surface area contributed by atoms with E-state index >= 15 is 0 Å². The summed E-state index contributed by atoms with van der Waals surface area (Å²) < 4.78 is 3.11. The third-order valence-electron chi connectivity index (χ3n) is 3.36. The van der Waals surface area contributed by atoms with Crippen LogP contribution in [-0.2, 0) is 13.1 Å². The number of fused-ring (bicyclic) bond motifs is 3. The molecule has 3 rings (SSSR count). The number of amides is 1. The molecular weight excluding hydrogens is 402 g/mol.